The third-order valence-electron chi connectivity index (χ3n) is 4.18. The zero-order valence-electron chi connectivity index (χ0n) is 10.8. The van der Waals surface area contributed by atoms with E-state index in [1.54, 1.807) is 0 Å². The van der Waals surface area contributed by atoms with Gasteiger partial charge in [0.05, 0.1) is 5.92 Å². The van der Waals surface area contributed by atoms with E-state index in [1.807, 2.05) is 0 Å². The molecule has 102 valence electrons. The van der Waals surface area contributed by atoms with Crippen LogP contribution < -0.4 is 10.6 Å². The van der Waals surface area contributed by atoms with Gasteiger partial charge in [-0.1, -0.05) is 19.8 Å². The van der Waals surface area contributed by atoms with Crippen molar-refractivity contribution in [3.63, 3.8) is 0 Å². The number of nitrogens with one attached hydrogen (secondary N) is 2. The fraction of sp³-hybridized carbons (Fsp3) is 0.846. The van der Waals surface area contributed by atoms with Gasteiger partial charge in [0, 0.05) is 12.6 Å². The van der Waals surface area contributed by atoms with Crippen LogP contribution in [0.1, 0.15) is 39.0 Å². The van der Waals surface area contributed by atoms with Crippen LogP contribution in [0.5, 0.6) is 0 Å². The number of aliphatic carboxylic acids is 1. The van der Waals surface area contributed by atoms with Gasteiger partial charge in [-0.25, -0.2) is 4.79 Å². The van der Waals surface area contributed by atoms with Crippen molar-refractivity contribution in [2.24, 2.45) is 17.8 Å². The third kappa shape index (κ3) is 3.37. The lowest BCUT2D eigenvalue weighted by atomic mass is 9.79. The molecule has 0 aromatic heterocycles. The predicted molar refractivity (Wildman–Crippen MR) is 67.2 cm³/mol. The van der Waals surface area contributed by atoms with Crippen molar-refractivity contribution in [2.75, 3.05) is 6.54 Å². The van der Waals surface area contributed by atoms with Crippen LogP contribution in [0, 0.1) is 17.8 Å². The fourth-order valence-electron chi connectivity index (χ4n) is 2.74. The number of rotatable bonds is 4. The van der Waals surface area contributed by atoms with Gasteiger partial charge in [-0.2, -0.15) is 0 Å². The number of carboxylic acid groups (broad SMARTS) is 1. The Morgan fingerprint density at radius 3 is 2.56 bits per heavy atom. The first-order valence-electron chi connectivity index (χ1n) is 6.85. The van der Waals surface area contributed by atoms with Crippen molar-refractivity contribution >= 4 is 12.0 Å². The summed E-state index contributed by atoms with van der Waals surface area (Å²) in [6.07, 6.45) is 4.74. The maximum atomic E-state index is 11.6. The number of amides is 2. The minimum Gasteiger partial charge on any atom is -0.481 e. The van der Waals surface area contributed by atoms with Crippen LogP contribution in [0.25, 0.3) is 0 Å². The number of carbonyl (C=O) groups excluding carboxylic acids is 1. The molecule has 0 bridgehead atoms. The van der Waals surface area contributed by atoms with E-state index in [1.165, 1.54) is 0 Å². The molecule has 5 nitrogen and oxygen atoms in total. The molecule has 0 aliphatic heterocycles. The smallest absolute Gasteiger partial charge is 0.315 e. The molecule has 4 atom stereocenters. The number of carboxylic acids is 1. The van der Waals surface area contributed by atoms with E-state index in [2.05, 4.69) is 17.6 Å². The van der Waals surface area contributed by atoms with Gasteiger partial charge >= 0.3 is 12.0 Å². The molecule has 0 aromatic carbocycles. The van der Waals surface area contributed by atoms with Crippen molar-refractivity contribution in [3.05, 3.63) is 0 Å². The van der Waals surface area contributed by atoms with E-state index >= 15 is 0 Å². The van der Waals surface area contributed by atoms with Gasteiger partial charge in [0.25, 0.3) is 0 Å². The summed E-state index contributed by atoms with van der Waals surface area (Å²) in [6, 6.07) is 0.158. The van der Waals surface area contributed by atoms with Crippen LogP contribution >= 0.6 is 0 Å². The summed E-state index contributed by atoms with van der Waals surface area (Å²) >= 11 is 0. The molecule has 4 unspecified atom stereocenters. The molecular weight excluding hydrogens is 232 g/mol. The van der Waals surface area contributed by atoms with E-state index in [-0.39, 0.29) is 17.9 Å². The first-order chi connectivity index (χ1) is 8.58. The molecule has 0 spiro atoms. The van der Waals surface area contributed by atoms with Crippen molar-refractivity contribution in [1.29, 1.82) is 0 Å². The Kier molecular flexibility index (Phi) is 4.09. The molecule has 18 heavy (non-hydrogen) atoms. The predicted octanol–water partition coefficient (Wildman–Crippen LogP) is 1.58. The maximum absolute atomic E-state index is 11.6. The zero-order chi connectivity index (χ0) is 13.1. The van der Waals surface area contributed by atoms with Crippen molar-refractivity contribution in [3.8, 4) is 0 Å². The largest absolute Gasteiger partial charge is 0.481 e. The minimum atomic E-state index is -0.724. The SMILES string of the molecule is CC1CC1NC(=O)NCC1CCCCC1C(=O)O. The van der Waals surface area contributed by atoms with Gasteiger partial charge in [0.15, 0.2) is 0 Å². The summed E-state index contributed by atoms with van der Waals surface area (Å²) in [5.41, 5.74) is 0. The number of hydrogen-bond acceptors (Lipinski definition) is 2. The van der Waals surface area contributed by atoms with Crippen LogP contribution in [-0.2, 0) is 4.79 Å². The summed E-state index contributed by atoms with van der Waals surface area (Å²) in [4.78, 5) is 22.7. The molecule has 0 radical (unpaired) electrons. The lowest BCUT2D eigenvalue weighted by Crippen LogP contribution is -2.42. The van der Waals surface area contributed by atoms with E-state index in [4.69, 9.17) is 5.11 Å². The molecule has 2 rings (SSSR count). The average molecular weight is 254 g/mol. The summed E-state index contributed by atoms with van der Waals surface area (Å²) < 4.78 is 0. The highest BCUT2D eigenvalue weighted by Gasteiger charge is 2.34. The first-order valence-corrected chi connectivity index (χ1v) is 6.85. The van der Waals surface area contributed by atoms with Gasteiger partial charge in [-0.15, -0.1) is 0 Å². The quantitative estimate of drug-likeness (QED) is 0.712. The molecule has 0 heterocycles. The Balaban J connectivity index is 1.73. The van der Waals surface area contributed by atoms with Crippen LogP contribution in [0.3, 0.4) is 0 Å². The number of hydrogen-bond donors (Lipinski definition) is 3. The highest BCUT2D eigenvalue weighted by molar-refractivity contribution is 5.75. The molecule has 0 saturated heterocycles. The maximum Gasteiger partial charge on any atom is 0.315 e. The molecule has 0 aromatic rings. The van der Waals surface area contributed by atoms with Crippen molar-refractivity contribution in [1.82, 2.24) is 10.6 Å². The molecule has 3 N–H and O–H groups in total. The van der Waals surface area contributed by atoms with Crippen molar-refractivity contribution < 1.29 is 14.7 Å². The highest BCUT2D eigenvalue weighted by Crippen LogP contribution is 2.30. The van der Waals surface area contributed by atoms with Crippen LogP contribution in [0.15, 0.2) is 0 Å². The summed E-state index contributed by atoms with van der Waals surface area (Å²) in [7, 11) is 0. The van der Waals surface area contributed by atoms with Crippen molar-refractivity contribution in [2.45, 2.75) is 45.1 Å². The molecule has 2 aliphatic carbocycles. The molecular formula is C13H22N2O3. The van der Waals surface area contributed by atoms with E-state index in [0.717, 1.165) is 32.1 Å². The Morgan fingerprint density at radius 2 is 1.94 bits per heavy atom. The second-order valence-corrected chi connectivity index (χ2v) is 5.66. The Hall–Kier alpha value is -1.26. The van der Waals surface area contributed by atoms with E-state index in [9.17, 15) is 9.59 Å². The molecule has 5 heteroatoms. The molecule has 2 aliphatic rings. The van der Waals surface area contributed by atoms with Gasteiger partial charge < -0.3 is 15.7 Å². The van der Waals surface area contributed by atoms with Crippen LogP contribution in [0.2, 0.25) is 0 Å². The minimum absolute atomic E-state index is 0.0821. The summed E-state index contributed by atoms with van der Waals surface area (Å²) in [5.74, 6) is -0.354. The van der Waals surface area contributed by atoms with Gasteiger partial charge in [0.2, 0.25) is 0 Å². The zero-order valence-corrected chi connectivity index (χ0v) is 10.8. The summed E-state index contributed by atoms with van der Waals surface area (Å²) in [6.45, 7) is 2.58. The van der Waals surface area contributed by atoms with Crippen LogP contribution in [0.4, 0.5) is 4.79 Å². The standard InChI is InChI=1S/C13H22N2O3/c1-8-6-11(8)15-13(18)14-7-9-4-2-3-5-10(9)12(16)17/h8-11H,2-7H2,1H3,(H,16,17)(H2,14,15,18). The van der Waals surface area contributed by atoms with Gasteiger partial charge in [-0.3, -0.25) is 4.79 Å². The highest BCUT2D eigenvalue weighted by atomic mass is 16.4. The lowest BCUT2D eigenvalue weighted by molar-refractivity contribution is -0.144. The second-order valence-electron chi connectivity index (χ2n) is 5.66. The summed E-state index contributed by atoms with van der Waals surface area (Å²) in [5, 5.41) is 14.8. The monoisotopic (exact) mass is 254 g/mol. The lowest BCUT2D eigenvalue weighted by Gasteiger charge is -2.28. The van der Waals surface area contributed by atoms with E-state index in [0.29, 0.717) is 18.5 Å². The van der Waals surface area contributed by atoms with E-state index < -0.39 is 5.97 Å². The molecule has 2 fully saturated rings. The van der Waals surface area contributed by atoms with Gasteiger partial charge in [0.1, 0.15) is 0 Å². The third-order valence-corrected chi connectivity index (χ3v) is 4.18. The Labute approximate surface area is 107 Å². The fourth-order valence-corrected chi connectivity index (χ4v) is 2.74. The van der Waals surface area contributed by atoms with Gasteiger partial charge in [-0.05, 0) is 31.1 Å². The number of urea groups is 1. The Morgan fingerprint density at radius 1 is 1.28 bits per heavy atom. The van der Waals surface area contributed by atoms with Crippen LogP contribution in [-0.4, -0.2) is 29.7 Å². The molecule has 2 amide bonds. The topological polar surface area (TPSA) is 78.4 Å². The average Bonchev–Trinajstić information content (AvgIpc) is 3.02. The normalized spacial score (nSPS) is 34.7. The Bertz CT molecular complexity index is 332. The first kappa shape index (κ1) is 13.2. The number of carbonyl (C=O) groups is 2. The molecule has 2 saturated carbocycles. The second kappa shape index (κ2) is 5.59.